The number of hydrogen-bond acceptors (Lipinski definition) is 2. The van der Waals surface area contributed by atoms with Crippen LogP contribution >= 0.6 is 0 Å². The predicted molar refractivity (Wildman–Crippen MR) is 34.0 cm³/mol. The van der Waals surface area contributed by atoms with Crippen molar-refractivity contribution in [2.75, 3.05) is 0 Å². The van der Waals surface area contributed by atoms with E-state index in [0.717, 1.165) is 12.0 Å². The molecule has 9 heavy (non-hydrogen) atoms. The van der Waals surface area contributed by atoms with Crippen LogP contribution in [0.25, 0.3) is 0 Å². The summed E-state index contributed by atoms with van der Waals surface area (Å²) in [5.74, 6) is 0.0550. The zero-order valence-electron chi connectivity index (χ0n) is 5.42. The summed E-state index contributed by atoms with van der Waals surface area (Å²) in [7, 11) is 0. The Balaban J connectivity index is 2.68. The fraction of sp³-hybridized carbons (Fsp3) is 0.571. The Bertz CT molecular complexity index is 158. The van der Waals surface area contributed by atoms with E-state index in [4.69, 9.17) is 5.11 Å². The molecule has 2 nitrogen and oxygen atoms in total. The molecule has 2 heteroatoms. The van der Waals surface area contributed by atoms with Crippen LogP contribution in [0.15, 0.2) is 11.6 Å². The number of hydrogen-bond donors (Lipinski definition) is 1. The number of rotatable bonds is 1. The molecular formula is C7H10O2. The van der Waals surface area contributed by atoms with E-state index in [9.17, 15) is 4.79 Å². The summed E-state index contributed by atoms with van der Waals surface area (Å²) in [5.41, 5.74) is 0.875. The van der Waals surface area contributed by atoms with Crippen LogP contribution in [0.1, 0.15) is 19.8 Å². The number of ketones is 1. The maximum Gasteiger partial charge on any atom is 0.158 e. The molecule has 0 fully saturated rings. The van der Waals surface area contributed by atoms with E-state index in [2.05, 4.69) is 0 Å². The van der Waals surface area contributed by atoms with Gasteiger partial charge < -0.3 is 5.11 Å². The standard InChI is InChI=1S/C7H10O2/c1-2-5-3-6(8)4-7(5)9/h3,7,9H,2,4H2,1H3. The second-order valence-electron chi connectivity index (χ2n) is 2.26. The molecule has 0 amide bonds. The Morgan fingerprint density at radius 3 is 2.78 bits per heavy atom. The third-order valence-corrected chi connectivity index (χ3v) is 1.58. The van der Waals surface area contributed by atoms with Gasteiger partial charge in [0.2, 0.25) is 0 Å². The molecule has 1 atom stereocenters. The number of aliphatic hydroxyl groups excluding tert-OH is 1. The number of aliphatic hydroxyl groups is 1. The maximum absolute atomic E-state index is 10.6. The third kappa shape index (κ3) is 1.19. The summed E-state index contributed by atoms with van der Waals surface area (Å²) in [6.45, 7) is 1.94. The highest BCUT2D eigenvalue weighted by Gasteiger charge is 2.19. The lowest BCUT2D eigenvalue weighted by Gasteiger charge is -2.01. The molecule has 1 N–H and O–H groups in total. The molecule has 50 valence electrons. The van der Waals surface area contributed by atoms with Gasteiger partial charge in [0.1, 0.15) is 0 Å². The molecule has 0 bridgehead atoms. The minimum atomic E-state index is -0.484. The zero-order valence-corrected chi connectivity index (χ0v) is 5.42. The molecule has 0 aromatic carbocycles. The first kappa shape index (κ1) is 6.49. The topological polar surface area (TPSA) is 37.3 Å². The first-order valence-corrected chi connectivity index (χ1v) is 3.15. The van der Waals surface area contributed by atoms with Crippen molar-refractivity contribution in [1.82, 2.24) is 0 Å². The molecule has 0 heterocycles. The van der Waals surface area contributed by atoms with Crippen LogP contribution in [0, 0.1) is 0 Å². The average Bonchev–Trinajstić information content (AvgIpc) is 2.10. The highest BCUT2D eigenvalue weighted by molar-refractivity contribution is 5.93. The van der Waals surface area contributed by atoms with E-state index in [1.807, 2.05) is 6.92 Å². The number of carbonyl (C=O) groups is 1. The van der Waals surface area contributed by atoms with E-state index < -0.39 is 6.10 Å². The Morgan fingerprint density at radius 2 is 2.56 bits per heavy atom. The fourth-order valence-corrected chi connectivity index (χ4v) is 1.02. The van der Waals surface area contributed by atoms with Gasteiger partial charge in [-0.15, -0.1) is 0 Å². The van der Waals surface area contributed by atoms with Crippen LogP contribution < -0.4 is 0 Å². The molecule has 1 unspecified atom stereocenters. The highest BCUT2D eigenvalue weighted by atomic mass is 16.3. The van der Waals surface area contributed by atoms with Crippen molar-refractivity contribution in [3.63, 3.8) is 0 Å². The summed E-state index contributed by atoms with van der Waals surface area (Å²) in [6.07, 6.45) is 2.14. The Morgan fingerprint density at radius 1 is 1.89 bits per heavy atom. The minimum absolute atomic E-state index is 0.0550. The second kappa shape index (κ2) is 2.31. The van der Waals surface area contributed by atoms with Gasteiger partial charge in [0.05, 0.1) is 6.10 Å². The number of carbonyl (C=O) groups excluding carboxylic acids is 1. The van der Waals surface area contributed by atoms with Crippen molar-refractivity contribution in [3.8, 4) is 0 Å². The fourth-order valence-electron chi connectivity index (χ4n) is 1.02. The SMILES string of the molecule is CCC1=CC(=O)CC1O. The average molecular weight is 126 g/mol. The quantitative estimate of drug-likeness (QED) is 0.560. The Labute approximate surface area is 54.2 Å². The van der Waals surface area contributed by atoms with Gasteiger partial charge in [0.25, 0.3) is 0 Å². The highest BCUT2D eigenvalue weighted by Crippen LogP contribution is 2.17. The van der Waals surface area contributed by atoms with Crippen LogP contribution in [0.4, 0.5) is 0 Å². The molecule has 0 saturated carbocycles. The van der Waals surface area contributed by atoms with Gasteiger partial charge in [0, 0.05) is 6.42 Å². The third-order valence-electron chi connectivity index (χ3n) is 1.58. The van der Waals surface area contributed by atoms with Crippen molar-refractivity contribution in [2.45, 2.75) is 25.9 Å². The summed E-state index contributed by atoms with van der Waals surface area (Å²) < 4.78 is 0. The molecule has 1 aliphatic carbocycles. The van der Waals surface area contributed by atoms with Gasteiger partial charge in [-0.2, -0.15) is 0 Å². The van der Waals surface area contributed by atoms with Gasteiger partial charge in [-0.25, -0.2) is 0 Å². The second-order valence-corrected chi connectivity index (χ2v) is 2.26. The van der Waals surface area contributed by atoms with Crippen LogP contribution in [0.2, 0.25) is 0 Å². The summed E-state index contributed by atoms with van der Waals surface area (Å²) in [6, 6.07) is 0. The molecule has 1 aliphatic rings. The largest absolute Gasteiger partial charge is 0.388 e. The molecule has 0 radical (unpaired) electrons. The van der Waals surface area contributed by atoms with Gasteiger partial charge in [0.15, 0.2) is 5.78 Å². The van der Waals surface area contributed by atoms with Crippen molar-refractivity contribution < 1.29 is 9.90 Å². The van der Waals surface area contributed by atoms with Gasteiger partial charge >= 0.3 is 0 Å². The number of allylic oxidation sites excluding steroid dienone is 1. The van der Waals surface area contributed by atoms with Crippen molar-refractivity contribution in [2.24, 2.45) is 0 Å². The van der Waals surface area contributed by atoms with Crippen molar-refractivity contribution in [3.05, 3.63) is 11.6 Å². The van der Waals surface area contributed by atoms with Gasteiger partial charge in [-0.1, -0.05) is 6.92 Å². The molecule has 0 aromatic rings. The van der Waals surface area contributed by atoms with Crippen molar-refractivity contribution in [1.29, 1.82) is 0 Å². The van der Waals surface area contributed by atoms with E-state index in [0.29, 0.717) is 6.42 Å². The lowest BCUT2D eigenvalue weighted by Crippen LogP contribution is -2.04. The Kier molecular flexibility index (Phi) is 1.67. The maximum atomic E-state index is 10.6. The smallest absolute Gasteiger partial charge is 0.158 e. The summed E-state index contributed by atoms with van der Waals surface area (Å²) in [5, 5.41) is 9.07. The van der Waals surface area contributed by atoms with E-state index >= 15 is 0 Å². The van der Waals surface area contributed by atoms with Crippen LogP contribution in [-0.2, 0) is 4.79 Å². The van der Waals surface area contributed by atoms with E-state index in [1.165, 1.54) is 0 Å². The van der Waals surface area contributed by atoms with Crippen LogP contribution in [0.5, 0.6) is 0 Å². The lowest BCUT2D eigenvalue weighted by atomic mass is 10.1. The van der Waals surface area contributed by atoms with Crippen LogP contribution in [-0.4, -0.2) is 17.0 Å². The predicted octanol–water partition coefficient (Wildman–Crippen LogP) is 0.657. The molecule has 0 aliphatic heterocycles. The van der Waals surface area contributed by atoms with Crippen molar-refractivity contribution >= 4 is 5.78 Å². The molecule has 0 saturated heterocycles. The first-order chi connectivity index (χ1) is 4.24. The van der Waals surface area contributed by atoms with E-state index in [-0.39, 0.29) is 5.78 Å². The molecular weight excluding hydrogens is 116 g/mol. The Hall–Kier alpha value is -0.630. The summed E-state index contributed by atoms with van der Waals surface area (Å²) in [4.78, 5) is 10.6. The first-order valence-electron chi connectivity index (χ1n) is 3.15. The van der Waals surface area contributed by atoms with Crippen LogP contribution in [0.3, 0.4) is 0 Å². The normalized spacial score (nSPS) is 26.7. The van der Waals surface area contributed by atoms with Gasteiger partial charge in [-0.3, -0.25) is 4.79 Å². The monoisotopic (exact) mass is 126 g/mol. The summed E-state index contributed by atoms with van der Waals surface area (Å²) >= 11 is 0. The van der Waals surface area contributed by atoms with Gasteiger partial charge in [-0.05, 0) is 18.1 Å². The molecule has 1 rings (SSSR count). The molecule has 0 aromatic heterocycles. The zero-order chi connectivity index (χ0) is 6.85. The minimum Gasteiger partial charge on any atom is -0.388 e. The lowest BCUT2D eigenvalue weighted by molar-refractivity contribution is -0.114. The molecule has 0 spiro atoms. The van der Waals surface area contributed by atoms with E-state index in [1.54, 1.807) is 6.08 Å².